The number of hydrogen-bond donors (Lipinski definition) is 4. The van der Waals surface area contributed by atoms with Crippen molar-refractivity contribution in [1.82, 2.24) is 5.32 Å². The van der Waals surface area contributed by atoms with Gasteiger partial charge in [0.05, 0.1) is 12.2 Å². The van der Waals surface area contributed by atoms with Crippen LogP contribution in [0.5, 0.6) is 0 Å². The molecule has 0 fully saturated rings. The highest BCUT2D eigenvalue weighted by Crippen LogP contribution is 1.99. The number of carbonyl (C=O) groups is 1. The van der Waals surface area contributed by atoms with E-state index in [-0.39, 0.29) is 12.2 Å². The summed E-state index contributed by atoms with van der Waals surface area (Å²) in [6.07, 6.45) is 2.02. The normalized spacial score (nSPS) is 13.4. The summed E-state index contributed by atoms with van der Waals surface area (Å²) in [6, 6.07) is 9.31. The van der Waals surface area contributed by atoms with Crippen LogP contribution in [0.1, 0.15) is 19.4 Å². The molecule has 2 atom stereocenters. The summed E-state index contributed by atoms with van der Waals surface area (Å²) in [5, 5.41) is 28.6. The summed E-state index contributed by atoms with van der Waals surface area (Å²) in [6.45, 7) is 4.50. The van der Waals surface area contributed by atoms with Crippen LogP contribution in [0, 0.1) is 0 Å². The molecule has 20 heavy (non-hydrogen) atoms. The first-order chi connectivity index (χ1) is 9.41. The molecule has 0 aliphatic rings. The van der Waals surface area contributed by atoms with E-state index in [1.165, 1.54) is 0 Å². The molecule has 0 heterocycles. The molecule has 0 aliphatic heterocycles. The number of benzene rings is 1. The van der Waals surface area contributed by atoms with Gasteiger partial charge in [-0.3, -0.25) is 0 Å². The highest BCUT2D eigenvalue weighted by molar-refractivity contribution is 5.85. The van der Waals surface area contributed by atoms with Crippen LogP contribution in [0.25, 0.3) is 6.08 Å². The van der Waals surface area contributed by atoms with Gasteiger partial charge in [-0.05, 0) is 25.5 Å². The summed E-state index contributed by atoms with van der Waals surface area (Å²) in [5.41, 5.74) is 0.898. The van der Waals surface area contributed by atoms with Crippen molar-refractivity contribution in [1.29, 1.82) is 0 Å². The second-order valence-electron chi connectivity index (χ2n) is 4.44. The van der Waals surface area contributed by atoms with Crippen molar-refractivity contribution in [2.45, 2.75) is 26.1 Å². The van der Waals surface area contributed by atoms with Crippen molar-refractivity contribution in [3.63, 3.8) is 0 Å². The van der Waals surface area contributed by atoms with E-state index in [1.807, 2.05) is 30.3 Å². The van der Waals surface area contributed by atoms with Crippen molar-refractivity contribution < 1.29 is 20.1 Å². The summed E-state index contributed by atoms with van der Waals surface area (Å²) < 4.78 is 0. The zero-order chi connectivity index (χ0) is 15.4. The molecular weight excluding hydrogens is 258 g/mol. The number of carboxylic acid groups (broad SMARTS) is 1. The molecular formula is C15H23NO4. The molecule has 0 bridgehead atoms. The maximum Gasteiger partial charge on any atom is 0.328 e. The average molecular weight is 281 g/mol. The highest BCUT2D eigenvalue weighted by atomic mass is 16.4. The van der Waals surface area contributed by atoms with Crippen LogP contribution in [0.4, 0.5) is 0 Å². The molecule has 4 N–H and O–H groups in total. The molecule has 1 aromatic rings. The second kappa shape index (κ2) is 11.2. The predicted molar refractivity (Wildman–Crippen MR) is 79.3 cm³/mol. The lowest BCUT2D eigenvalue weighted by Gasteiger charge is -2.07. The second-order valence-corrected chi connectivity index (χ2v) is 4.44. The van der Waals surface area contributed by atoms with Gasteiger partial charge in [-0.25, -0.2) is 4.79 Å². The smallest absolute Gasteiger partial charge is 0.328 e. The van der Waals surface area contributed by atoms with Gasteiger partial charge in [0.15, 0.2) is 0 Å². The largest absolute Gasteiger partial charge is 0.478 e. The monoisotopic (exact) mass is 281 g/mol. The van der Waals surface area contributed by atoms with E-state index in [2.05, 4.69) is 5.32 Å². The molecule has 2 unspecified atom stereocenters. The Morgan fingerprint density at radius 2 is 1.65 bits per heavy atom. The Balaban J connectivity index is 0.000000370. The minimum absolute atomic E-state index is 0.330. The first-order valence-electron chi connectivity index (χ1n) is 6.44. The molecule has 1 rings (SSSR count). The zero-order valence-electron chi connectivity index (χ0n) is 11.9. The van der Waals surface area contributed by atoms with Crippen molar-refractivity contribution >= 4 is 12.0 Å². The number of nitrogens with one attached hydrogen (secondary N) is 1. The number of aliphatic carboxylic acids is 1. The first kappa shape index (κ1) is 18.3. The van der Waals surface area contributed by atoms with Crippen molar-refractivity contribution in [2.75, 3.05) is 13.1 Å². The lowest BCUT2D eigenvalue weighted by Crippen LogP contribution is -2.30. The Bertz CT molecular complexity index is 380. The number of rotatable bonds is 6. The van der Waals surface area contributed by atoms with E-state index in [1.54, 1.807) is 19.9 Å². The summed E-state index contributed by atoms with van der Waals surface area (Å²) >= 11 is 0. The molecule has 0 aromatic heterocycles. The van der Waals surface area contributed by atoms with E-state index >= 15 is 0 Å². The fourth-order valence-corrected chi connectivity index (χ4v) is 1.23. The average Bonchev–Trinajstić information content (AvgIpc) is 2.37. The molecule has 0 aliphatic carbocycles. The number of hydrogen-bond acceptors (Lipinski definition) is 4. The van der Waals surface area contributed by atoms with Gasteiger partial charge >= 0.3 is 5.97 Å². The number of aliphatic hydroxyl groups is 2. The Labute approximate surface area is 119 Å². The quantitative estimate of drug-likeness (QED) is 0.587. The zero-order valence-corrected chi connectivity index (χ0v) is 11.9. The Morgan fingerprint density at radius 3 is 2.05 bits per heavy atom. The van der Waals surface area contributed by atoms with Crippen molar-refractivity contribution in [3.05, 3.63) is 42.0 Å². The van der Waals surface area contributed by atoms with Gasteiger partial charge in [-0.2, -0.15) is 0 Å². The van der Waals surface area contributed by atoms with Gasteiger partial charge in [0.25, 0.3) is 0 Å². The fraction of sp³-hybridized carbons (Fsp3) is 0.400. The molecule has 0 saturated carbocycles. The van der Waals surface area contributed by atoms with Gasteiger partial charge < -0.3 is 20.6 Å². The van der Waals surface area contributed by atoms with E-state index in [4.69, 9.17) is 15.3 Å². The Morgan fingerprint density at radius 1 is 1.15 bits per heavy atom. The molecule has 1 aromatic carbocycles. The number of aliphatic hydroxyl groups excluding tert-OH is 2. The third kappa shape index (κ3) is 12.8. The third-order valence-electron chi connectivity index (χ3n) is 2.10. The third-order valence-corrected chi connectivity index (χ3v) is 2.10. The van der Waals surface area contributed by atoms with Crippen LogP contribution in [0.2, 0.25) is 0 Å². The lowest BCUT2D eigenvalue weighted by molar-refractivity contribution is -0.131. The van der Waals surface area contributed by atoms with E-state index < -0.39 is 5.97 Å². The lowest BCUT2D eigenvalue weighted by atomic mass is 10.2. The molecule has 0 saturated heterocycles. The molecule has 112 valence electrons. The summed E-state index contributed by atoms with van der Waals surface area (Å²) in [7, 11) is 0. The van der Waals surface area contributed by atoms with Gasteiger partial charge in [0.2, 0.25) is 0 Å². The molecule has 0 radical (unpaired) electrons. The minimum atomic E-state index is -0.922. The van der Waals surface area contributed by atoms with Crippen LogP contribution < -0.4 is 5.32 Å². The topological polar surface area (TPSA) is 89.8 Å². The molecule has 5 nitrogen and oxygen atoms in total. The maximum absolute atomic E-state index is 10.1. The van der Waals surface area contributed by atoms with Crippen LogP contribution in [0.3, 0.4) is 0 Å². The summed E-state index contributed by atoms with van der Waals surface area (Å²) in [5.74, 6) is -0.922. The van der Waals surface area contributed by atoms with E-state index in [0.717, 1.165) is 11.6 Å². The molecule has 0 spiro atoms. The molecule has 0 amide bonds. The SMILES string of the molecule is CC(O)CNCC(C)O.O=C(O)/C=C/c1ccccc1. The van der Waals surface area contributed by atoms with Gasteiger partial charge in [0.1, 0.15) is 0 Å². The van der Waals surface area contributed by atoms with Gasteiger partial charge in [0, 0.05) is 19.2 Å². The number of carboxylic acids is 1. The van der Waals surface area contributed by atoms with Crippen molar-refractivity contribution in [3.8, 4) is 0 Å². The van der Waals surface area contributed by atoms with E-state index in [9.17, 15) is 4.79 Å². The minimum Gasteiger partial charge on any atom is -0.478 e. The van der Waals surface area contributed by atoms with E-state index in [0.29, 0.717) is 13.1 Å². The predicted octanol–water partition coefficient (Wildman–Crippen LogP) is 1.12. The van der Waals surface area contributed by atoms with Crippen LogP contribution in [-0.4, -0.2) is 46.6 Å². The van der Waals surface area contributed by atoms with Gasteiger partial charge in [-0.15, -0.1) is 0 Å². The van der Waals surface area contributed by atoms with Crippen LogP contribution >= 0.6 is 0 Å². The van der Waals surface area contributed by atoms with Crippen LogP contribution in [-0.2, 0) is 4.79 Å². The van der Waals surface area contributed by atoms with Crippen molar-refractivity contribution in [2.24, 2.45) is 0 Å². The van der Waals surface area contributed by atoms with Crippen LogP contribution in [0.15, 0.2) is 36.4 Å². The standard InChI is InChI=1S/C9H8O2.C6H15NO2/c10-9(11)7-6-8-4-2-1-3-5-8;1-5(8)3-7-4-6(2)9/h1-7H,(H,10,11);5-9H,3-4H2,1-2H3/b7-6+;. The Kier molecular flexibility index (Phi) is 10.2. The first-order valence-corrected chi connectivity index (χ1v) is 6.44. The fourth-order valence-electron chi connectivity index (χ4n) is 1.23. The maximum atomic E-state index is 10.1. The van der Waals surface area contributed by atoms with Gasteiger partial charge in [-0.1, -0.05) is 30.3 Å². The molecule has 5 heteroatoms. The summed E-state index contributed by atoms with van der Waals surface area (Å²) in [4.78, 5) is 10.1. The Hall–Kier alpha value is -1.69. The highest BCUT2D eigenvalue weighted by Gasteiger charge is 1.96.